The second-order valence-electron chi connectivity index (χ2n) is 5.24. The Hall–Kier alpha value is -1.26. The van der Waals surface area contributed by atoms with Gasteiger partial charge < -0.3 is 15.2 Å². The Morgan fingerprint density at radius 2 is 1.74 bits per heavy atom. The Bertz CT molecular complexity index is 599. The quantitative estimate of drug-likeness (QED) is 0.655. The molecule has 0 aliphatic carbocycles. The first kappa shape index (κ1) is 18.1. The molecule has 0 aromatic heterocycles. The maximum Gasteiger partial charge on any atom is 0.120 e. The molecule has 0 unspecified atom stereocenters. The molecule has 2 rings (SSSR count). The van der Waals surface area contributed by atoms with E-state index in [1.807, 2.05) is 30.3 Å². The maximum atomic E-state index is 8.75. The van der Waals surface area contributed by atoms with Crippen LogP contribution in [0.3, 0.4) is 0 Å². The predicted octanol–water partition coefficient (Wildman–Crippen LogP) is 4.43. The van der Waals surface area contributed by atoms with Gasteiger partial charge in [-0.2, -0.15) is 0 Å². The van der Waals surface area contributed by atoms with E-state index >= 15 is 0 Å². The van der Waals surface area contributed by atoms with Crippen LogP contribution < -0.4 is 10.1 Å². The van der Waals surface area contributed by atoms with Crippen LogP contribution in [0.25, 0.3) is 0 Å². The first-order valence-electron chi connectivity index (χ1n) is 7.67. The number of aliphatic hydroxyl groups excluding tert-OH is 1. The minimum Gasteiger partial charge on any atom is -0.489 e. The van der Waals surface area contributed by atoms with Gasteiger partial charge in [0.25, 0.3) is 0 Å². The summed E-state index contributed by atoms with van der Waals surface area (Å²) < 4.78 is 5.81. The lowest BCUT2D eigenvalue weighted by atomic mass is 10.2. The lowest BCUT2D eigenvalue weighted by Gasteiger charge is -2.11. The number of ether oxygens (including phenoxy) is 1. The van der Waals surface area contributed by atoms with Crippen molar-refractivity contribution in [1.82, 2.24) is 5.32 Å². The Balaban J connectivity index is 1.87. The predicted molar refractivity (Wildman–Crippen MR) is 95.3 cm³/mol. The Morgan fingerprint density at radius 1 is 1.00 bits per heavy atom. The van der Waals surface area contributed by atoms with E-state index in [2.05, 4.69) is 5.32 Å². The van der Waals surface area contributed by atoms with Gasteiger partial charge in [0.1, 0.15) is 12.4 Å². The second kappa shape index (κ2) is 9.78. The number of rotatable bonds is 9. The smallest absolute Gasteiger partial charge is 0.120 e. The molecule has 2 N–H and O–H groups in total. The molecule has 0 amide bonds. The van der Waals surface area contributed by atoms with Gasteiger partial charge >= 0.3 is 0 Å². The average Bonchev–Trinajstić information content (AvgIpc) is 2.55. The molecule has 0 radical (unpaired) electrons. The molecule has 0 aliphatic rings. The molecule has 2 aromatic carbocycles. The first-order valence-corrected chi connectivity index (χ1v) is 8.42. The molecule has 0 bridgehead atoms. The third-order valence-corrected chi connectivity index (χ3v) is 4.14. The summed E-state index contributed by atoms with van der Waals surface area (Å²) in [6.07, 6.45) is 1.80. The summed E-state index contributed by atoms with van der Waals surface area (Å²) >= 11 is 12.3. The van der Waals surface area contributed by atoms with Crippen LogP contribution in [-0.4, -0.2) is 18.3 Å². The molecule has 0 heterocycles. The minimum atomic E-state index is 0.246. The van der Waals surface area contributed by atoms with Crippen LogP contribution >= 0.6 is 23.2 Å². The van der Waals surface area contributed by atoms with Gasteiger partial charge in [-0.15, -0.1) is 0 Å². The van der Waals surface area contributed by atoms with Crippen LogP contribution in [0.1, 0.15) is 24.0 Å². The highest BCUT2D eigenvalue weighted by molar-refractivity contribution is 6.35. The summed E-state index contributed by atoms with van der Waals surface area (Å²) in [5.41, 5.74) is 1.94. The van der Waals surface area contributed by atoms with Gasteiger partial charge in [0.05, 0.1) is 0 Å². The summed E-state index contributed by atoms with van der Waals surface area (Å²) in [6.45, 7) is 2.25. The maximum absolute atomic E-state index is 8.75. The minimum absolute atomic E-state index is 0.246. The van der Waals surface area contributed by atoms with Gasteiger partial charge in [0.2, 0.25) is 0 Å². The Morgan fingerprint density at radius 3 is 2.48 bits per heavy atom. The third-order valence-electron chi connectivity index (χ3n) is 3.43. The zero-order valence-electron chi connectivity index (χ0n) is 12.9. The number of benzene rings is 2. The number of aliphatic hydroxyl groups is 1. The molecule has 0 atom stereocenters. The molecule has 3 nitrogen and oxygen atoms in total. The van der Waals surface area contributed by atoms with Crippen molar-refractivity contribution in [3.63, 3.8) is 0 Å². The highest BCUT2D eigenvalue weighted by Gasteiger charge is 2.06. The van der Waals surface area contributed by atoms with E-state index in [1.165, 1.54) is 0 Å². The normalized spacial score (nSPS) is 10.7. The van der Waals surface area contributed by atoms with Crippen LogP contribution in [0.5, 0.6) is 5.75 Å². The van der Waals surface area contributed by atoms with Crippen LogP contribution in [-0.2, 0) is 13.2 Å². The standard InChI is InChI=1S/C18H21Cl2NO2/c19-17-7-4-8-18(20)16(17)13-23-15-6-3-5-14(11-15)12-21-9-1-2-10-22/h3-8,11,21-22H,1-2,9-10,12-13H2. The summed E-state index contributed by atoms with van der Waals surface area (Å²) in [6, 6.07) is 13.4. The summed E-state index contributed by atoms with van der Waals surface area (Å²) in [5, 5.41) is 13.3. The van der Waals surface area contributed by atoms with Crippen LogP contribution in [0, 0.1) is 0 Å². The van der Waals surface area contributed by atoms with Crippen molar-refractivity contribution in [3.8, 4) is 5.75 Å². The largest absolute Gasteiger partial charge is 0.489 e. The summed E-state index contributed by atoms with van der Waals surface area (Å²) in [5.74, 6) is 0.788. The van der Waals surface area contributed by atoms with E-state index in [4.69, 9.17) is 33.0 Å². The van der Waals surface area contributed by atoms with E-state index in [0.29, 0.717) is 16.7 Å². The lowest BCUT2D eigenvalue weighted by Crippen LogP contribution is -2.15. The zero-order chi connectivity index (χ0) is 16.5. The molecule has 23 heavy (non-hydrogen) atoms. The highest BCUT2D eigenvalue weighted by Crippen LogP contribution is 2.26. The molecule has 0 aliphatic heterocycles. The van der Waals surface area contributed by atoms with E-state index in [1.54, 1.807) is 12.1 Å². The summed E-state index contributed by atoms with van der Waals surface area (Å²) in [7, 11) is 0. The van der Waals surface area contributed by atoms with Crippen molar-refractivity contribution < 1.29 is 9.84 Å². The van der Waals surface area contributed by atoms with Gasteiger partial charge in [0, 0.05) is 28.8 Å². The van der Waals surface area contributed by atoms with Crippen molar-refractivity contribution in [1.29, 1.82) is 0 Å². The molecular weight excluding hydrogens is 333 g/mol. The van der Waals surface area contributed by atoms with Crippen molar-refractivity contribution >= 4 is 23.2 Å². The fourth-order valence-corrected chi connectivity index (χ4v) is 2.67. The molecular formula is C18H21Cl2NO2. The van der Waals surface area contributed by atoms with Gasteiger partial charge in [-0.1, -0.05) is 41.4 Å². The average molecular weight is 354 g/mol. The molecule has 0 fully saturated rings. The fraction of sp³-hybridized carbons (Fsp3) is 0.333. The number of unbranched alkanes of at least 4 members (excludes halogenated alkanes) is 1. The zero-order valence-corrected chi connectivity index (χ0v) is 14.4. The van der Waals surface area contributed by atoms with Crippen molar-refractivity contribution in [2.45, 2.75) is 26.0 Å². The molecule has 0 spiro atoms. The third kappa shape index (κ3) is 6.04. The summed E-state index contributed by atoms with van der Waals surface area (Å²) in [4.78, 5) is 0. The Kier molecular flexibility index (Phi) is 7.69. The number of halogens is 2. The molecule has 0 saturated heterocycles. The van der Waals surface area contributed by atoms with E-state index in [9.17, 15) is 0 Å². The van der Waals surface area contributed by atoms with Crippen LogP contribution in [0.2, 0.25) is 10.0 Å². The van der Waals surface area contributed by atoms with E-state index in [0.717, 1.165) is 42.8 Å². The lowest BCUT2D eigenvalue weighted by molar-refractivity contribution is 0.283. The van der Waals surface area contributed by atoms with Crippen LogP contribution in [0.4, 0.5) is 0 Å². The number of hydrogen-bond acceptors (Lipinski definition) is 3. The van der Waals surface area contributed by atoms with Crippen LogP contribution in [0.15, 0.2) is 42.5 Å². The number of hydrogen-bond donors (Lipinski definition) is 2. The topological polar surface area (TPSA) is 41.5 Å². The highest BCUT2D eigenvalue weighted by atomic mass is 35.5. The van der Waals surface area contributed by atoms with Gasteiger partial charge in [-0.05, 0) is 49.2 Å². The van der Waals surface area contributed by atoms with Gasteiger partial charge in [0.15, 0.2) is 0 Å². The molecule has 124 valence electrons. The van der Waals surface area contributed by atoms with E-state index in [-0.39, 0.29) is 6.61 Å². The SMILES string of the molecule is OCCCCNCc1cccc(OCc2c(Cl)cccc2Cl)c1. The van der Waals surface area contributed by atoms with Crippen molar-refractivity contribution in [2.75, 3.05) is 13.2 Å². The molecule has 0 saturated carbocycles. The van der Waals surface area contributed by atoms with E-state index < -0.39 is 0 Å². The molecule has 2 aromatic rings. The Labute approximate surface area is 147 Å². The molecule has 5 heteroatoms. The second-order valence-corrected chi connectivity index (χ2v) is 6.06. The van der Waals surface area contributed by atoms with Gasteiger partial charge in [-0.25, -0.2) is 0 Å². The van der Waals surface area contributed by atoms with Crippen molar-refractivity contribution in [2.24, 2.45) is 0 Å². The monoisotopic (exact) mass is 353 g/mol. The fourth-order valence-electron chi connectivity index (χ4n) is 2.17. The van der Waals surface area contributed by atoms with Crippen molar-refractivity contribution in [3.05, 3.63) is 63.6 Å². The number of nitrogens with one attached hydrogen (secondary N) is 1. The first-order chi connectivity index (χ1) is 11.2. The van der Waals surface area contributed by atoms with Gasteiger partial charge in [-0.3, -0.25) is 0 Å².